The van der Waals surface area contributed by atoms with E-state index >= 15 is 0 Å². The number of hydrogen-bond acceptors (Lipinski definition) is 6. The lowest BCUT2D eigenvalue weighted by Gasteiger charge is -2.22. The first-order valence-electron chi connectivity index (χ1n) is 12.1. The second-order valence-corrected chi connectivity index (χ2v) is 9.48. The van der Waals surface area contributed by atoms with Crippen molar-refractivity contribution >= 4 is 24.0 Å². The van der Waals surface area contributed by atoms with E-state index in [-0.39, 0.29) is 26.0 Å². The van der Waals surface area contributed by atoms with E-state index in [9.17, 15) is 19.2 Å². The predicted octanol–water partition coefficient (Wildman–Crippen LogP) is 2.80. The Kier molecular flexibility index (Phi) is 11.4. The number of hydrogen-bond donors (Lipinski definition) is 4. The number of nitrogens with two attached hydrogens (primary N) is 1. The Labute approximate surface area is 217 Å². The van der Waals surface area contributed by atoms with Gasteiger partial charge in [0.05, 0.1) is 0 Å². The van der Waals surface area contributed by atoms with Crippen molar-refractivity contribution in [2.75, 3.05) is 6.54 Å². The molecule has 0 aliphatic rings. The Morgan fingerprint density at radius 2 is 1.43 bits per heavy atom. The zero-order valence-electron chi connectivity index (χ0n) is 21.5. The van der Waals surface area contributed by atoms with Gasteiger partial charge in [0.2, 0.25) is 11.8 Å². The second kappa shape index (κ2) is 14.5. The molecule has 2 rings (SSSR count). The van der Waals surface area contributed by atoms with Crippen molar-refractivity contribution in [3.8, 4) is 0 Å². The minimum atomic E-state index is -1.03. The van der Waals surface area contributed by atoms with Crippen LogP contribution in [0.4, 0.5) is 9.59 Å². The lowest BCUT2D eigenvalue weighted by atomic mass is 10.0. The number of primary amides is 1. The molecule has 0 unspecified atom stereocenters. The second-order valence-electron chi connectivity index (χ2n) is 9.48. The van der Waals surface area contributed by atoms with Gasteiger partial charge in [0, 0.05) is 13.0 Å². The fourth-order valence-corrected chi connectivity index (χ4v) is 3.33. The van der Waals surface area contributed by atoms with Crippen LogP contribution in [0.1, 0.15) is 44.7 Å². The van der Waals surface area contributed by atoms with Crippen molar-refractivity contribution in [3.63, 3.8) is 0 Å². The van der Waals surface area contributed by atoms with E-state index in [1.807, 2.05) is 48.5 Å². The molecule has 2 aromatic carbocycles. The van der Waals surface area contributed by atoms with Crippen LogP contribution in [0, 0.1) is 0 Å². The summed E-state index contributed by atoms with van der Waals surface area (Å²) in [6.45, 7) is 5.50. The summed E-state index contributed by atoms with van der Waals surface area (Å²) < 4.78 is 10.4. The van der Waals surface area contributed by atoms with Crippen LogP contribution in [0.3, 0.4) is 0 Å². The summed E-state index contributed by atoms with van der Waals surface area (Å²) in [6.07, 6.45) is -0.661. The van der Waals surface area contributed by atoms with E-state index in [1.165, 1.54) is 0 Å². The van der Waals surface area contributed by atoms with E-state index in [1.54, 1.807) is 32.9 Å². The number of ether oxygens (including phenoxy) is 2. The number of carbonyl (C=O) groups is 4. The smallest absolute Gasteiger partial charge is 0.408 e. The van der Waals surface area contributed by atoms with Gasteiger partial charge < -0.3 is 31.2 Å². The molecule has 0 spiro atoms. The van der Waals surface area contributed by atoms with Crippen molar-refractivity contribution in [1.29, 1.82) is 0 Å². The summed E-state index contributed by atoms with van der Waals surface area (Å²) >= 11 is 0. The van der Waals surface area contributed by atoms with E-state index in [0.29, 0.717) is 6.42 Å². The van der Waals surface area contributed by atoms with Crippen LogP contribution in [0.5, 0.6) is 0 Å². The quantitative estimate of drug-likeness (QED) is 0.321. The number of rotatable bonds is 12. The molecule has 200 valence electrons. The van der Waals surface area contributed by atoms with Crippen LogP contribution < -0.4 is 21.7 Å². The topological polar surface area (TPSA) is 149 Å². The van der Waals surface area contributed by atoms with Gasteiger partial charge in [-0.1, -0.05) is 60.7 Å². The molecule has 0 fully saturated rings. The molecule has 0 aliphatic heterocycles. The average molecular weight is 513 g/mol. The number of alkyl carbamates (subject to hydrolysis) is 2. The first kappa shape index (κ1) is 29.2. The maximum absolute atomic E-state index is 13.1. The molecule has 0 heterocycles. The van der Waals surface area contributed by atoms with Gasteiger partial charge in [-0.2, -0.15) is 0 Å². The fraction of sp³-hybridized carbons (Fsp3) is 0.407. The highest BCUT2D eigenvalue weighted by molar-refractivity contribution is 5.90. The highest BCUT2D eigenvalue weighted by Crippen LogP contribution is 2.08. The molecular formula is C27H36N4O6. The summed E-state index contributed by atoms with van der Waals surface area (Å²) in [5.41, 5.74) is 6.49. The van der Waals surface area contributed by atoms with Crippen LogP contribution in [0.15, 0.2) is 60.7 Å². The first-order chi connectivity index (χ1) is 17.5. The van der Waals surface area contributed by atoms with Crippen LogP contribution in [-0.4, -0.2) is 48.2 Å². The van der Waals surface area contributed by atoms with Gasteiger partial charge in [0.15, 0.2) is 0 Å². The third-order valence-corrected chi connectivity index (χ3v) is 5.10. The number of nitrogens with one attached hydrogen (secondary N) is 3. The number of benzene rings is 2. The molecular weight excluding hydrogens is 476 g/mol. The minimum absolute atomic E-state index is 0.0269. The fourth-order valence-electron chi connectivity index (χ4n) is 3.33. The largest absolute Gasteiger partial charge is 0.445 e. The Morgan fingerprint density at radius 3 is 2.00 bits per heavy atom. The Morgan fingerprint density at radius 1 is 0.838 bits per heavy atom. The monoisotopic (exact) mass is 512 g/mol. The molecule has 0 aliphatic carbocycles. The van der Waals surface area contributed by atoms with E-state index in [4.69, 9.17) is 15.2 Å². The highest BCUT2D eigenvalue weighted by Gasteiger charge is 2.26. The predicted molar refractivity (Wildman–Crippen MR) is 138 cm³/mol. The third kappa shape index (κ3) is 11.9. The maximum Gasteiger partial charge on any atom is 0.408 e. The molecule has 10 nitrogen and oxygen atoms in total. The van der Waals surface area contributed by atoms with Crippen molar-refractivity contribution in [2.45, 2.75) is 64.3 Å². The Balaban J connectivity index is 1.99. The molecule has 0 radical (unpaired) electrons. The molecule has 0 saturated carbocycles. The molecule has 2 atom stereocenters. The Hall–Kier alpha value is -4.08. The molecule has 0 bridgehead atoms. The molecule has 2 aromatic rings. The Bertz CT molecular complexity index is 1020. The van der Waals surface area contributed by atoms with Crippen LogP contribution in [0.25, 0.3) is 0 Å². The van der Waals surface area contributed by atoms with E-state index in [2.05, 4.69) is 16.0 Å². The van der Waals surface area contributed by atoms with Crippen molar-refractivity contribution in [2.24, 2.45) is 5.73 Å². The average Bonchev–Trinajstić information content (AvgIpc) is 2.84. The lowest BCUT2D eigenvalue weighted by Crippen LogP contribution is -2.53. The van der Waals surface area contributed by atoms with Crippen LogP contribution >= 0.6 is 0 Å². The summed E-state index contributed by atoms with van der Waals surface area (Å²) in [4.78, 5) is 49.4. The number of amides is 4. The van der Waals surface area contributed by atoms with Gasteiger partial charge in [0.25, 0.3) is 0 Å². The summed E-state index contributed by atoms with van der Waals surface area (Å²) in [5, 5.41) is 7.80. The summed E-state index contributed by atoms with van der Waals surface area (Å²) in [7, 11) is 0. The SMILES string of the molecule is CC(C)(C)OC(=O)NCCC[C@@H](NC(=O)OCc1ccccc1)C(=O)N[C@H](Cc1ccccc1)C(N)=O. The van der Waals surface area contributed by atoms with Gasteiger partial charge in [-0.3, -0.25) is 9.59 Å². The van der Waals surface area contributed by atoms with Gasteiger partial charge in [0.1, 0.15) is 24.3 Å². The zero-order chi connectivity index (χ0) is 27.3. The van der Waals surface area contributed by atoms with Crippen LogP contribution in [0.2, 0.25) is 0 Å². The standard InChI is InChI=1S/C27H36N4O6/c1-27(2,3)37-25(34)29-16-10-15-21(31-26(35)36-18-20-13-8-5-9-14-20)24(33)30-22(23(28)32)17-19-11-6-4-7-12-19/h4-9,11-14,21-22H,10,15-18H2,1-3H3,(H2,28,32)(H,29,34)(H,30,33)(H,31,35)/t21-,22-/m1/s1. The molecule has 4 amide bonds. The minimum Gasteiger partial charge on any atom is -0.445 e. The van der Waals surface area contributed by atoms with Crippen molar-refractivity contribution in [1.82, 2.24) is 16.0 Å². The van der Waals surface area contributed by atoms with Gasteiger partial charge in [-0.05, 0) is 44.7 Å². The molecule has 10 heteroatoms. The van der Waals surface area contributed by atoms with Crippen molar-refractivity contribution < 1.29 is 28.7 Å². The van der Waals surface area contributed by atoms with E-state index in [0.717, 1.165) is 11.1 Å². The molecule has 0 aromatic heterocycles. The molecule has 37 heavy (non-hydrogen) atoms. The molecule has 0 saturated heterocycles. The van der Waals surface area contributed by atoms with Gasteiger partial charge >= 0.3 is 12.2 Å². The zero-order valence-corrected chi connectivity index (χ0v) is 21.5. The highest BCUT2D eigenvalue weighted by atomic mass is 16.6. The first-order valence-corrected chi connectivity index (χ1v) is 12.1. The lowest BCUT2D eigenvalue weighted by molar-refractivity contribution is -0.128. The number of carbonyl (C=O) groups excluding carboxylic acids is 4. The molecule has 5 N–H and O–H groups in total. The van der Waals surface area contributed by atoms with Gasteiger partial charge in [-0.25, -0.2) is 9.59 Å². The third-order valence-electron chi connectivity index (χ3n) is 5.10. The summed E-state index contributed by atoms with van der Waals surface area (Å²) in [5.74, 6) is -1.29. The summed E-state index contributed by atoms with van der Waals surface area (Å²) in [6, 6.07) is 16.2. The van der Waals surface area contributed by atoms with Crippen LogP contribution in [-0.2, 0) is 32.1 Å². The maximum atomic E-state index is 13.1. The van der Waals surface area contributed by atoms with Crippen molar-refractivity contribution in [3.05, 3.63) is 71.8 Å². The normalized spacial score (nSPS) is 12.5. The van der Waals surface area contributed by atoms with E-state index < -0.39 is 41.7 Å². The van der Waals surface area contributed by atoms with Gasteiger partial charge in [-0.15, -0.1) is 0 Å².